The number of fused-ring (bicyclic) bond motifs is 6. The van der Waals surface area contributed by atoms with Crippen LogP contribution in [0.2, 0.25) is 0 Å². The number of benzene rings is 5. The SMILES string of the molecule is c1ccc(-n2ccc3cc4ccc5c6ccccc6n(-c6cc(-c7ccccn7)cc(-c7ccccn7)c6)c5c4cc32)cc1. The van der Waals surface area contributed by atoms with Gasteiger partial charge in [0.25, 0.3) is 0 Å². The first-order valence-corrected chi connectivity index (χ1v) is 14.8. The van der Waals surface area contributed by atoms with Gasteiger partial charge < -0.3 is 9.13 Å². The van der Waals surface area contributed by atoms with E-state index in [0.29, 0.717) is 0 Å². The lowest BCUT2D eigenvalue weighted by atomic mass is 10.0. The van der Waals surface area contributed by atoms with Crippen molar-refractivity contribution in [2.45, 2.75) is 0 Å². The van der Waals surface area contributed by atoms with Gasteiger partial charge in [0.05, 0.1) is 27.9 Å². The van der Waals surface area contributed by atoms with E-state index in [1.165, 1.54) is 43.5 Å². The van der Waals surface area contributed by atoms with Gasteiger partial charge >= 0.3 is 0 Å². The standard InChI is InChI=1S/C40H26N4/c1-2-10-31(11-3-1)43-21-18-28-22-27-16-17-34-33-12-4-5-15-38(33)44(40(34)35(27)26-39(28)43)32-24-29(36-13-6-8-19-41-36)23-30(25-32)37-14-7-9-20-42-37/h1-26H. The van der Waals surface area contributed by atoms with Crippen LogP contribution in [0.1, 0.15) is 0 Å². The first-order chi connectivity index (χ1) is 21.8. The molecular formula is C40H26N4. The molecule has 0 N–H and O–H groups in total. The Morgan fingerprint density at radius 1 is 0.432 bits per heavy atom. The van der Waals surface area contributed by atoms with E-state index >= 15 is 0 Å². The molecule has 0 amide bonds. The summed E-state index contributed by atoms with van der Waals surface area (Å²) in [6, 6.07) is 49.5. The summed E-state index contributed by atoms with van der Waals surface area (Å²) >= 11 is 0. The maximum Gasteiger partial charge on any atom is 0.0702 e. The lowest BCUT2D eigenvalue weighted by Gasteiger charge is -2.14. The summed E-state index contributed by atoms with van der Waals surface area (Å²) in [5.74, 6) is 0. The van der Waals surface area contributed by atoms with Crippen LogP contribution < -0.4 is 0 Å². The smallest absolute Gasteiger partial charge is 0.0702 e. The first kappa shape index (κ1) is 24.6. The summed E-state index contributed by atoms with van der Waals surface area (Å²) in [6.07, 6.45) is 5.87. The number of pyridine rings is 2. The highest BCUT2D eigenvalue weighted by atomic mass is 15.0. The van der Waals surface area contributed by atoms with Crippen LogP contribution in [0.3, 0.4) is 0 Å². The van der Waals surface area contributed by atoms with Crippen molar-refractivity contribution in [2.75, 3.05) is 0 Å². The average Bonchev–Trinajstić information content (AvgIpc) is 3.67. The van der Waals surface area contributed by atoms with E-state index in [1.54, 1.807) is 0 Å². The Morgan fingerprint density at radius 3 is 1.86 bits per heavy atom. The molecule has 0 saturated heterocycles. The summed E-state index contributed by atoms with van der Waals surface area (Å²) in [5, 5.41) is 6.10. The van der Waals surface area contributed by atoms with Gasteiger partial charge in [0.1, 0.15) is 0 Å². The number of aromatic nitrogens is 4. The molecule has 9 rings (SSSR count). The maximum atomic E-state index is 4.72. The Balaban J connectivity index is 1.40. The van der Waals surface area contributed by atoms with Gasteiger partial charge in [-0.2, -0.15) is 0 Å². The normalized spacial score (nSPS) is 11.6. The van der Waals surface area contributed by atoms with Crippen molar-refractivity contribution in [3.8, 4) is 33.9 Å². The predicted octanol–water partition coefficient (Wildman–Crippen LogP) is 10.0. The topological polar surface area (TPSA) is 35.6 Å². The minimum atomic E-state index is 0.930. The maximum absolute atomic E-state index is 4.72. The van der Waals surface area contributed by atoms with E-state index in [-0.39, 0.29) is 0 Å². The van der Waals surface area contributed by atoms with E-state index in [2.05, 4.69) is 131 Å². The minimum Gasteiger partial charge on any atom is -0.317 e. The summed E-state index contributed by atoms with van der Waals surface area (Å²) in [4.78, 5) is 9.43. The Kier molecular flexibility index (Phi) is 5.47. The molecule has 206 valence electrons. The highest BCUT2D eigenvalue weighted by Gasteiger charge is 2.18. The molecule has 0 spiro atoms. The number of hydrogen-bond donors (Lipinski definition) is 0. The molecule has 0 unspecified atom stereocenters. The Morgan fingerprint density at radius 2 is 1.14 bits per heavy atom. The molecule has 4 heterocycles. The van der Waals surface area contributed by atoms with Crippen LogP contribution in [-0.4, -0.2) is 19.1 Å². The van der Waals surface area contributed by atoms with Gasteiger partial charge in [0.2, 0.25) is 0 Å². The number of para-hydroxylation sites is 2. The molecule has 0 saturated carbocycles. The quantitative estimate of drug-likeness (QED) is 0.214. The van der Waals surface area contributed by atoms with Crippen LogP contribution >= 0.6 is 0 Å². The van der Waals surface area contributed by atoms with Crippen molar-refractivity contribution in [2.24, 2.45) is 0 Å². The second-order valence-corrected chi connectivity index (χ2v) is 11.2. The van der Waals surface area contributed by atoms with Crippen LogP contribution in [0.5, 0.6) is 0 Å². The van der Waals surface area contributed by atoms with Gasteiger partial charge in [0, 0.05) is 62.6 Å². The van der Waals surface area contributed by atoms with Crippen LogP contribution in [0.25, 0.3) is 77.4 Å². The molecule has 0 bridgehead atoms. The third kappa shape index (κ3) is 3.85. The van der Waals surface area contributed by atoms with Crippen molar-refractivity contribution in [3.63, 3.8) is 0 Å². The molecular weight excluding hydrogens is 536 g/mol. The molecule has 4 aromatic heterocycles. The molecule has 0 aliphatic heterocycles. The zero-order valence-corrected chi connectivity index (χ0v) is 23.8. The molecule has 0 aliphatic rings. The highest BCUT2D eigenvalue weighted by molar-refractivity contribution is 6.20. The van der Waals surface area contributed by atoms with Crippen molar-refractivity contribution in [1.29, 1.82) is 0 Å². The van der Waals surface area contributed by atoms with Gasteiger partial charge in [-0.3, -0.25) is 9.97 Å². The summed E-state index contributed by atoms with van der Waals surface area (Å²) in [5.41, 5.74) is 9.73. The van der Waals surface area contributed by atoms with Gasteiger partial charge in [0.15, 0.2) is 0 Å². The summed E-state index contributed by atoms with van der Waals surface area (Å²) in [7, 11) is 0. The number of rotatable bonds is 4. The molecule has 4 heteroatoms. The molecule has 0 radical (unpaired) electrons. The fourth-order valence-corrected chi connectivity index (χ4v) is 6.60. The molecule has 5 aromatic carbocycles. The lowest BCUT2D eigenvalue weighted by molar-refractivity contribution is 1.13. The minimum absolute atomic E-state index is 0.930. The van der Waals surface area contributed by atoms with E-state index in [4.69, 9.17) is 9.97 Å². The largest absolute Gasteiger partial charge is 0.317 e. The van der Waals surface area contributed by atoms with Crippen LogP contribution in [-0.2, 0) is 0 Å². The molecule has 0 aliphatic carbocycles. The Hall–Kier alpha value is -6.00. The third-order valence-electron chi connectivity index (χ3n) is 8.59. The number of hydrogen-bond acceptors (Lipinski definition) is 2. The van der Waals surface area contributed by atoms with Crippen LogP contribution in [0.15, 0.2) is 158 Å². The Bertz CT molecular complexity index is 2420. The molecule has 0 fully saturated rings. The summed E-state index contributed by atoms with van der Waals surface area (Å²) < 4.78 is 4.70. The van der Waals surface area contributed by atoms with Gasteiger partial charge in [-0.15, -0.1) is 0 Å². The molecule has 44 heavy (non-hydrogen) atoms. The van der Waals surface area contributed by atoms with Crippen molar-refractivity contribution in [3.05, 3.63) is 158 Å². The zero-order valence-electron chi connectivity index (χ0n) is 23.8. The van der Waals surface area contributed by atoms with Gasteiger partial charge in [-0.25, -0.2) is 0 Å². The van der Waals surface area contributed by atoms with E-state index in [9.17, 15) is 0 Å². The first-order valence-electron chi connectivity index (χ1n) is 14.8. The molecule has 4 nitrogen and oxygen atoms in total. The fourth-order valence-electron chi connectivity index (χ4n) is 6.60. The zero-order chi connectivity index (χ0) is 29.0. The summed E-state index contributed by atoms with van der Waals surface area (Å²) in [6.45, 7) is 0. The van der Waals surface area contributed by atoms with Gasteiger partial charge in [-0.1, -0.05) is 60.7 Å². The van der Waals surface area contributed by atoms with Crippen molar-refractivity contribution >= 4 is 43.5 Å². The predicted molar refractivity (Wildman–Crippen MR) is 182 cm³/mol. The second kappa shape index (κ2) is 9.79. The lowest BCUT2D eigenvalue weighted by Crippen LogP contribution is -1.98. The monoisotopic (exact) mass is 562 g/mol. The Labute approximate surface area is 254 Å². The molecule has 0 atom stereocenters. The number of nitrogens with zero attached hydrogens (tertiary/aromatic N) is 4. The van der Waals surface area contributed by atoms with Crippen LogP contribution in [0.4, 0.5) is 0 Å². The van der Waals surface area contributed by atoms with Crippen molar-refractivity contribution < 1.29 is 0 Å². The fraction of sp³-hybridized carbons (Fsp3) is 0. The van der Waals surface area contributed by atoms with E-state index in [1.807, 2.05) is 36.7 Å². The van der Waals surface area contributed by atoms with Gasteiger partial charge in [-0.05, 0) is 84.2 Å². The van der Waals surface area contributed by atoms with Crippen molar-refractivity contribution in [1.82, 2.24) is 19.1 Å². The van der Waals surface area contributed by atoms with E-state index < -0.39 is 0 Å². The molecule has 9 aromatic rings. The average molecular weight is 563 g/mol. The second-order valence-electron chi connectivity index (χ2n) is 11.2. The third-order valence-corrected chi connectivity index (χ3v) is 8.59. The van der Waals surface area contributed by atoms with Crippen LogP contribution in [0, 0.1) is 0 Å². The van der Waals surface area contributed by atoms with E-state index in [0.717, 1.165) is 33.9 Å². The highest BCUT2D eigenvalue weighted by Crippen LogP contribution is 2.40.